The van der Waals surface area contributed by atoms with Crippen LogP contribution in [-0.2, 0) is 4.79 Å². The first-order valence-electron chi connectivity index (χ1n) is 3.52. The molecule has 0 aliphatic heterocycles. The van der Waals surface area contributed by atoms with Crippen LogP contribution >= 0.6 is 0 Å². The maximum Gasteiger partial charge on any atom is 0.123 e. The summed E-state index contributed by atoms with van der Waals surface area (Å²) in [6, 6.07) is 0. The largest absolute Gasteiger partial charge is 0.303 e. The fourth-order valence-electron chi connectivity index (χ4n) is 0.787. The van der Waals surface area contributed by atoms with Crippen LogP contribution < -0.4 is 0 Å². The Bertz CT molecular complexity index is 116. The third-order valence-corrected chi connectivity index (χ3v) is 1.40. The Kier molecular flexibility index (Phi) is 5.74. The van der Waals surface area contributed by atoms with Gasteiger partial charge in [0.15, 0.2) is 0 Å². The highest BCUT2D eigenvalue weighted by Gasteiger charge is 2.01. The molecule has 0 heterocycles. The molecule has 0 radical (unpaired) electrons. The lowest BCUT2D eigenvalue weighted by Gasteiger charge is -2.02. The van der Waals surface area contributed by atoms with Crippen LogP contribution in [0.1, 0.15) is 19.3 Å². The predicted molar refractivity (Wildman–Crippen MR) is 43.8 cm³/mol. The number of carbonyl (C=O) groups excluding carboxylic acids is 1. The van der Waals surface area contributed by atoms with Crippen LogP contribution in [0.25, 0.3) is 0 Å². The van der Waals surface area contributed by atoms with Crippen molar-refractivity contribution in [2.75, 3.05) is 0 Å². The Morgan fingerprint density at radius 1 is 1.30 bits per heavy atom. The zero-order chi connectivity index (χ0) is 7.82. The van der Waals surface area contributed by atoms with Crippen LogP contribution in [0, 0.1) is 5.92 Å². The van der Waals surface area contributed by atoms with Crippen LogP contribution in [-0.4, -0.2) is 6.29 Å². The van der Waals surface area contributed by atoms with Crippen LogP contribution in [0.4, 0.5) is 0 Å². The Morgan fingerprint density at radius 2 is 2.00 bits per heavy atom. The summed E-state index contributed by atoms with van der Waals surface area (Å²) in [5.41, 5.74) is 0. The summed E-state index contributed by atoms with van der Waals surface area (Å²) >= 11 is 0. The fraction of sp³-hybridized carbons (Fsp3) is 0.444. The molecule has 0 spiro atoms. The molecule has 10 heavy (non-hydrogen) atoms. The predicted octanol–water partition coefficient (Wildman–Crippen LogP) is 2.34. The van der Waals surface area contributed by atoms with Crippen LogP contribution in [0.3, 0.4) is 0 Å². The molecule has 0 amide bonds. The first-order chi connectivity index (χ1) is 4.85. The first kappa shape index (κ1) is 9.15. The standard InChI is InChI=1S/C9H14O/c1-3-5-7-9(8-10)6-4-2/h3-4,8-9H,1-2,5-7H2/t9-/m0/s1. The highest BCUT2D eigenvalue weighted by Crippen LogP contribution is 2.08. The van der Waals surface area contributed by atoms with Crippen molar-refractivity contribution in [3.8, 4) is 0 Å². The van der Waals surface area contributed by atoms with E-state index in [2.05, 4.69) is 13.2 Å². The minimum Gasteiger partial charge on any atom is -0.303 e. The maximum absolute atomic E-state index is 10.3. The monoisotopic (exact) mass is 138 g/mol. The smallest absolute Gasteiger partial charge is 0.123 e. The normalized spacial score (nSPS) is 12.0. The molecule has 0 aromatic heterocycles. The van der Waals surface area contributed by atoms with Crippen molar-refractivity contribution in [3.63, 3.8) is 0 Å². The topological polar surface area (TPSA) is 17.1 Å². The Morgan fingerprint density at radius 3 is 2.40 bits per heavy atom. The van der Waals surface area contributed by atoms with E-state index >= 15 is 0 Å². The van der Waals surface area contributed by atoms with Gasteiger partial charge >= 0.3 is 0 Å². The molecule has 0 fully saturated rings. The quantitative estimate of drug-likeness (QED) is 0.406. The molecule has 0 aliphatic carbocycles. The maximum atomic E-state index is 10.3. The van der Waals surface area contributed by atoms with Crippen LogP contribution in [0.15, 0.2) is 25.3 Å². The summed E-state index contributed by atoms with van der Waals surface area (Å²) in [7, 11) is 0. The third-order valence-electron chi connectivity index (χ3n) is 1.40. The van der Waals surface area contributed by atoms with Gasteiger partial charge in [0.1, 0.15) is 6.29 Å². The van der Waals surface area contributed by atoms with E-state index in [-0.39, 0.29) is 5.92 Å². The number of hydrogen-bond acceptors (Lipinski definition) is 1. The summed E-state index contributed by atoms with van der Waals surface area (Å²) in [6.07, 6.45) is 7.21. The van der Waals surface area contributed by atoms with Gasteiger partial charge in [0.25, 0.3) is 0 Å². The number of carbonyl (C=O) groups is 1. The fourth-order valence-corrected chi connectivity index (χ4v) is 0.787. The zero-order valence-corrected chi connectivity index (χ0v) is 6.25. The SMILES string of the molecule is C=CCC[C@@H](C=O)CC=C. The van der Waals surface area contributed by atoms with E-state index in [1.807, 2.05) is 6.08 Å². The molecule has 0 aromatic rings. The molecule has 0 aliphatic rings. The molecule has 0 aromatic carbocycles. The second-order valence-corrected chi connectivity index (χ2v) is 2.29. The Hall–Kier alpha value is -0.850. The number of hydrogen-bond donors (Lipinski definition) is 0. The highest BCUT2D eigenvalue weighted by molar-refractivity contribution is 5.53. The van der Waals surface area contributed by atoms with E-state index in [0.717, 1.165) is 25.5 Å². The lowest BCUT2D eigenvalue weighted by Crippen LogP contribution is -1.98. The molecule has 1 heteroatoms. The summed E-state index contributed by atoms with van der Waals surface area (Å²) in [5.74, 6) is 0.149. The molecular formula is C9H14O. The number of aldehydes is 1. The van der Waals surface area contributed by atoms with E-state index in [9.17, 15) is 4.79 Å². The first-order valence-corrected chi connectivity index (χ1v) is 3.52. The zero-order valence-electron chi connectivity index (χ0n) is 6.25. The van der Waals surface area contributed by atoms with Gasteiger partial charge in [-0.25, -0.2) is 0 Å². The molecule has 0 saturated carbocycles. The molecule has 0 bridgehead atoms. The van der Waals surface area contributed by atoms with Crippen LogP contribution in [0.2, 0.25) is 0 Å². The van der Waals surface area contributed by atoms with E-state index in [1.165, 1.54) is 0 Å². The Balaban J connectivity index is 3.47. The van der Waals surface area contributed by atoms with Crippen molar-refractivity contribution in [1.82, 2.24) is 0 Å². The minimum absolute atomic E-state index is 0.149. The van der Waals surface area contributed by atoms with Gasteiger partial charge in [0, 0.05) is 5.92 Å². The number of allylic oxidation sites excluding steroid dienone is 2. The van der Waals surface area contributed by atoms with Gasteiger partial charge in [-0.2, -0.15) is 0 Å². The van der Waals surface area contributed by atoms with Gasteiger partial charge in [0.05, 0.1) is 0 Å². The average Bonchev–Trinajstić information content (AvgIpc) is 1.98. The summed E-state index contributed by atoms with van der Waals surface area (Å²) < 4.78 is 0. The molecule has 0 saturated heterocycles. The lowest BCUT2D eigenvalue weighted by molar-refractivity contribution is -0.111. The summed E-state index contributed by atoms with van der Waals surface area (Å²) in [5, 5.41) is 0. The van der Waals surface area contributed by atoms with Gasteiger partial charge in [-0.05, 0) is 19.3 Å². The van der Waals surface area contributed by atoms with Crippen molar-refractivity contribution in [1.29, 1.82) is 0 Å². The molecule has 0 unspecified atom stereocenters. The third kappa shape index (κ3) is 4.07. The van der Waals surface area contributed by atoms with E-state index in [0.29, 0.717) is 0 Å². The van der Waals surface area contributed by atoms with Crippen molar-refractivity contribution in [3.05, 3.63) is 25.3 Å². The van der Waals surface area contributed by atoms with E-state index < -0.39 is 0 Å². The second-order valence-electron chi connectivity index (χ2n) is 2.29. The lowest BCUT2D eigenvalue weighted by atomic mass is 10.0. The van der Waals surface area contributed by atoms with Crippen molar-refractivity contribution in [2.24, 2.45) is 5.92 Å². The second kappa shape index (κ2) is 6.27. The summed E-state index contributed by atoms with van der Waals surface area (Å²) in [4.78, 5) is 10.3. The van der Waals surface area contributed by atoms with Gasteiger partial charge in [0.2, 0.25) is 0 Å². The molecule has 0 rings (SSSR count). The minimum atomic E-state index is 0.149. The number of rotatable bonds is 6. The van der Waals surface area contributed by atoms with E-state index in [1.54, 1.807) is 6.08 Å². The Labute approximate surface area is 62.4 Å². The molecule has 1 atom stereocenters. The van der Waals surface area contributed by atoms with Crippen molar-refractivity contribution >= 4 is 6.29 Å². The van der Waals surface area contributed by atoms with Gasteiger partial charge in [-0.1, -0.05) is 12.2 Å². The highest BCUT2D eigenvalue weighted by atomic mass is 16.1. The van der Waals surface area contributed by atoms with Gasteiger partial charge in [-0.15, -0.1) is 13.2 Å². The molecule has 0 N–H and O–H groups in total. The van der Waals surface area contributed by atoms with E-state index in [4.69, 9.17) is 0 Å². The van der Waals surface area contributed by atoms with Crippen molar-refractivity contribution in [2.45, 2.75) is 19.3 Å². The molecule has 56 valence electrons. The molecule has 1 nitrogen and oxygen atoms in total. The average molecular weight is 138 g/mol. The summed E-state index contributed by atoms with van der Waals surface area (Å²) in [6.45, 7) is 7.16. The molecular weight excluding hydrogens is 124 g/mol. The van der Waals surface area contributed by atoms with Crippen molar-refractivity contribution < 1.29 is 4.79 Å². The van der Waals surface area contributed by atoms with Gasteiger partial charge < -0.3 is 4.79 Å². The van der Waals surface area contributed by atoms with Gasteiger partial charge in [-0.3, -0.25) is 0 Å². The van der Waals surface area contributed by atoms with Crippen LogP contribution in [0.5, 0.6) is 0 Å².